The maximum atomic E-state index is 10.8. The van der Waals surface area contributed by atoms with Gasteiger partial charge in [0, 0.05) is 6.04 Å². The number of benzene rings is 1. The van der Waals surface area contributed by atoms with Crippen molar-refractivity contribution in [1.29, 1.82) is 5.26 Å². The highest BCUT2D eigenvalue weighted by atomic mass is 16.6. The lowest BCUT2D eigenvalue weighted by molar-refractivity contribution is -0.384. The van der Waals surface area contributed by atoms with Gasteiger partial charge in [-0.15, -0.1) is 0 Å². The number of nitro groups is 1. The van der Waals surface area contributed by atoms with Crippen LogP contribution in [-0.2, 0) is 0 Å². The van der Waals surface area contributed by atoms with Crippen molar-refractivity contribution in [3.8, 4) is 6.07 Å². The predicted molar refractivity (Wildman–Crippen MR) is 54.5 cm³/mol. The van der Waals surface area contributed by atoms with Gasteiger partial charge in [0.05, 0.1) is 4.92 Å². The number of anilines is 1. The van der Waals surface area contributed by atoms with E-state index < -0.39 is 4.92 Å². The molecule has 0 radical (unpaired) electrons. The van der Waals surface area contributed by atoms with E-state index in [1.807, 2.05) is 6.07 Å². The Bertz CT molecular complexity index is 446. The van der Waals surface area contributed by atoms with Gasteiger partial charge in [0.2, 0.25) is 0 Å². The number of hydrogen-bond donors (Lipinski definition) is 1. The zero-order valence-electron chi connectivity index (χ0n) is 7.93. The molecule has 1 saturated carbocycles. The minimum absolute atomic E-state index is 0.102. The van der Waals surface area contributed by atoms with Crippen molar-refractivity contribution in [1.82, 2.24) is 0 Å². The highest BCUT2D eigenvalue weighted by Gasteiger charge is 2.26. The average molecular weight is 203 g/mol. The van der Waals surface area contributed by atoms with Crippen molar-refractivity contribution in [2.24, 2.45) is 0 Å². The van der Waals surface area contributed by atoms with Gasteiger partial charge >= 0.3 is 5.69 Å². The molecule has 0 spiro atoms. The fourth-order valence-corrected chi connectivity index (χ4v) is 1.39. The second-order valence-corrected chi connectivity index (χ2v) is 3.49. The normalized spacial score (nSPS) is 14.3. The van der Waals surface area contributed by atoms with Crippen LogP contribution in [0.4, 0.5) is 11.4 Å². The summed E-state index contributed by atoms with van der Waals surface area (Å²) in [4.78, 5) is 10.3. The van der Waals surface area contributed by atoms with Gasteiger partial charge in [0.15, 0.2) is 0 Å². The summed E-state index contributed by atoms with van der Waals surface area (Å²) in [6.07, 6.45) is 2.07. The topological polar surface area (TPSA) is 79.0 Å². The summed E-state index contributed by atoms with van der Waals surface area (Å²) in [6, 6.07) is 6.90. The Hall–Kier alpha value is -2.09. The number of nitrogens with one attached hydrogen (secondary N) is 1. The van der Waals surface area contributed by atoms with Crippen LogP contribution in [0, 0.1) is 21.4 Å². The van der Waals surface area contributed by atoms with Gasteiger partial charge in [-0.25, -0.2) is 0 Å². The van der Waals surface area contributed by atoms with Crippen LogP contribution in [-0.4, -0.2) is 11.0 Å². The van der Waals surface area contributed by atoms with Crippen LogP contribution in [0.3, 0.4) is 0 Å². The molecule has 0 amide bonds. The van der Waals surface area contributed by atoms with Crippen LogP contribution in [0.1, 0.15) is 18.4 Å². The summed E-state index contributed by atoms with van der Waals surface area (Å²) < 4.78 is 0. The Kier molecular flexibility index (Phi) is 2.26. The summed E-state index contributed by atoms with van der Waals surface area (Å²) in [5.74, 6) is 0. The number of para-hydroxylation sites is 1. The molecule has 1 aliphatic rings. The molecule has 0 bridgehead atoms. The second kappa shape index (κ2) is 3.58. The summed E-state index contributed by atoms with van der Waals surface area (Å²) in [7, 11) is 0. The molecule has 1 fully saturated rings. The molecule has 1 aromatic carbocycles. The van der Waals surface area contributed by atoms with E-state index in [1.165, 1.54) is 6.07 Å². The quantitative estimate of drug-likeness (QED) is 0.602. The van der Waals surface area contributed by atoms with E-state index >= 15 is 0 Å². The van der Waals surface area contributed by atoms with E-state index in [4.69, 9.17) is 5.26 Å². The molecule has 76 valence electrons. The number of rotatable bonds is 3. The maximum absolute atomic E-state index is 10.8. The molecule has 1 aliphatic carbocycles. The smallest absolute Gasteiger partial charge is 0.309 e. The Balaban J connectivity index is 2.42. The van der Waals surface area contributed by atoms with E-state index in [1.54, 1.807) is 12.1 Å². The van der Waals surface area contributed by atoms with Gasteiger partial charge in [-0.2, -0.15) is 5.26 Å². The van der Waals surface area contributed by atoms with Crippen molar-refractivity contribution in [2.45, 2.75) is 18.9 Å². The summed E-state index contributed by atoms with van der Waals surface area (Å²) >= 11 is 0. The largest absolute Gasteiger partial charge is 0.377 e. The van der Waals surface area contributed by atoms with Crippen LogP contribution in [0.15, 0.2) is 18.2 Å². The maximum Gasteiger partial charge on any atom is 0.309 e. The molecule has 5 heteroatoms. The minimum Gasteiger partial charge on any atom is -0.377 e. The number of hydrogen-bond acceptors (Lipinski definition) is 4. The van der Waals surface area contributed by atoms with E-state index in [-0.39, 0.29) is 11.3 Å². The van der Waals surface area contributed by atoms with Crippen LogP contribution in [0.2, 0.25) is 0 Å². The third-order valence-corrected chi connectivity index (χ3v) is 2.28. The standard InChI is InChI=1S/C10H9N3O2/c11-6-7-2-1-3-9(10(7)13(14)15)12-8-4-5-8/h1-3,8,12H,4-5H2. The molecule has 0 aliphatic heterocycles. The molecular formula is C10H9N3O2. The van der Waals surface area contributed by atoms with Gasteiger partial charge in [-0.3, -0.25) is 10.1 Å². The molecule has 0 unspecified atom stereocenters. The molecule has 0 aromatic heterocycles. The van der Waals surface area contributed by atoms with Crippen molar-refractivity contribution in [2.75, 3.05) is 5.32 Å². The van der Waals surface area contributed by atoms with Crippen LogP contribution in [0.5, 0.6) is 0 Å². The lowest BCUT2D eigenvalue weighted by Crippen LogP contribution is -2.05. The van der Waals surface area contributed by atoms with Crippen LogP contribution in [0.25, 0.3) is 0 Å². The van der Waals surface area contributed by atoms with E-state index in [2.05, 4.69) is 5.32 Å². The van der Waals surface area contributed by atoms with Crippen LogP contribution < -0.4 is 5.32 Å². The highest BCUT2D eigenvalue weighted by molar-refractivity contribution is 5.69. The molecule has 15 heavy (non-hydrogen) atoms. The van der Waals surface area contributed by atoms with Crippen LogP contribution >= 0.6 is 0 Å². The zero-order valence-corrected chi connectivity index (χ0v) is 7.93. The molecule has 1 aromatic rings. The average Bonchev–Trinajstić information content (AvgIpc) is 3.01. The fourth-order valence-electron chi connectivity index (χ4n) is 1.39. The fraction of sp³-hybridized carbons (Fsp3) is 0.300. The second-order valence-electron chi connectivity index (χ2n) is 3.49. The SMILES string of the molecule is N#Cc1cccc(NC2CC2)c1[N+](=O)[O-]. The molecule has 0 heterocycles. The minimum atomic E-state index is -0.511. The van der Waals surface area contributed by atoms with Gasteiger partial charge < -0.3 is 5.32 Å². The first-order valence-corrected chi connectivity index (χ1v) is 4.66. The van der Waals surface area contributed by atoms with E-state index in [0.29, 0.717) is 11.7 Å². The van der Waals surface area contributed by atoms with E-state index in [9.17, 15) is 10.1 Å². The van der Waals surface area contributed by atoms with Gasteiger partial charge in [0.25, 0.3) is 0 Å². The lowest BCUT2D eigenvalue weighted by Gasteiger charge is -2.05. The Labute approximate surface area is 86.5 Å². The lowest BCUT2D eigenvalue weighted by atomic mass is 10.1. The molecular weight excluding hydrogens is 194 g/mol. The molecule has 5 nitrogen and oxygen atoms in total. The first kappa shape index (κ1) is 9.46. The molecule has 2 rings (SSSR count). The Morgan fingerprint density at radius 3 is 2.80 bits per heavy atom. The third kappa shape index (κ3) is 1.89. The van der Waals surface area contributed by atoms with Crippen molar-refractivity contribution < 1.29 is 4.92 Å². The number of nitrogens with zero attached hydrogens (tertiary/aromatic N) is 2. The highest BCUT2D eigenvalue weighted by Crippen LogP contribution is 2.32. The number of nitriles is 1. The van der Waals surface area contributed by atoms with Gasteiger partial charge in [-0.05, 0) is 25.0 Å². The third-order valence-electron chi connectivity index (χ3n) is 2.28. The monoisotopic (exact) mass is 203 g/mol. The Morgan fingerprint density at radius 2 is 2.27 bits per heavy atom. The summed E-state index contributed by atoms with van der Waals surface area (Å²) in [5, 5.41) is 22.6. The van der Waals surface area contributed by atoms with Gasteiger partial charge in [0.1, 0.15) is 17.3 Å². The first-order valence-electron chi connectivity index (χ1n) is 4.66. The predicted octanol–water partition coefficient (Wildman–Crippen LogP) is 2.04. The summed E-state index contributed by atoms with van der Waals surface area (Å²) in [5.41, 5.74) is 0.430. The van der Waals surface area contributed by atoms with Crippen molar-refractivity contribution >= 4 is 11.4 Å². The molecule has 0 saturated heterocycles. The molecule has 1 N–H and O–H groups in total. The van der Waals surface area contributed by atoms with Gasteiger partial charge in [-0.1, -0.05) is 6.07 Å². The van der Waals surface area contributed by atoms with Crippen molar-refractivity contribution in [3.63, 3.8) is 0 Å². The summed E-state index contributed by atoms with van der Waals surface area (Å²) in [6.45, 7) is 0. The van der Waals surface area contributed by atoms with E-state index in [0.717, 1.165) is 12.8 Å². The Morgan fingerprint density at radius 1 is 1.53 bits per heavy atom. The molecule has 0 atom stereocenters. The zero-order chi connectivity index (χ0) is 10.8. The number of nitro benzene ring substituents is 1. The van der Waals surface area contributed by atoms with Crippen molar-refractivity contribution in [3.05, 3.63) is 33.9 Å². The first-order chi connectivity index (χ1) is 7.22.